The number of nitrogens with zero attached hydrogens (tertiary/aromatic N) is 2. The van der Waals surface area contributed by atoms with Gasteiger partial charge in [0.1, 0.15) is 4.21 Å². The smallest absolute Gasteiger partial charge is 0.198 e. The summed E-state index contributed by atoms with van der Waals surface area (Å²) in [5, 5.41) is 15.2. The van der Waals surface area contributed by atoms with Crippen molar-refractivity contribution < 1.29 is 13.5 Å². The molecule has 0 saturated heterocycles. The van der Waals surface area contributed by atoms with Crippen molar-refractivity contribution in [2.45, 2.75) is 23.7 Å². The van der Waals surface area contributed by atoms with Gasteiger partial charge in [0.25, 0.3) is 0 Å². The Hall–Kier alpha value is -1.17. The second-order valence-electron chi connectivity index (χ2n) is 6.09. The Balaban J connectivity index is 0.00000261. The lowest BCUT2D eigenvalue weighted by molar-refractivity contribution is 0.206. The third-order valence-electron chi connectivity index (χ3n) is 4.14. The molecular formula is C18H24IN3O3S2. The number of para-hydroxylation sites is 1. The molecule has 1 atom stereocenters. The van der Waals surface area contributed by atoms with Crippen LogP contribution in [0.3, 0.4) is 0 Å². The first-order chi connectivity index (χ1) is 12.5. The average Bonchev–Trinajstić information content (AvgIpc) is 3.28. The van der Waals surface area contributed by atoms with Crippen molar-refractivity contribution in [2.24, 2.45) is 4.99 Å². The number of aliphatic hydroxyl groups is 1. The van der Waals surface area contributed by atoms with Crippen LogP contribution in [0.15, 0.2) is 51.0 Å². The minimum atomic E-state index is -3.48. The number of thiophene rings is 1. The van der Waals surface area contributed by atoms with Crippen LogP contribution in [0.5, 0.6) is 0 Å². The van der Waals surface area contributed by atoms with E-state index in [-0.39, 0.29) is 40.5 Å². The maximum atomic E-state index is 12.3. The van der Waals surface area contributed by atoms with Crippen molar-refractivity contribution in [1.29, 1.82) is 0 Å². The van der Waals surface area contributed by atoms with E-state index in [4.69, 9.17) is 0 Å². The number of hydrogen-bond donors (Lipinski definition) is 2. The van der Waals surface area contributed by atoms with Gasteiger partial charge in [-0.3, -0.25) is 4.99 Å². The zero-order chi connectivity index (χ0) is 18.6. The highest BCUT2D eigenvalue weighted by molar-refractivity contribution is 14.0. The molecule has 0 radical (unpaired) electrons. The van der Waals surface area contributed by atoms with Crippen LogP contribution in [0.1, 0.15) is 12.5 Å². The minimum absolute atomic E-state index is 0. The number of nitrogens with one attached hydrogen (secondary N) is 1. The maximum absolute atomic E-state index is 12.3. The highest BCUT2D eigenvalue weighted by atomic mass is 127. The van der Waals surface area contributed by atoms with E-state index in [0.29, 0.717) is 12.5 Å². The summed E-state index contributed by atoms with van der Waals surface area (Å²) in [5.74, 6) is 0.345. The SMILES string of the molecule is CCNC(=NCC(O)CS(=O)(=O)c1cccs1)N1CCc2ccccc21.I. The van der Waals surface area contributed by atoms with Crippen LogP contribution in [-0.2, 0) is 16.3 Å². The molecule has 2 heterocycles. The van der Waals surface area contributed by atoms with Crippen LogP contribution in [0, 0.1) is 0 Å². The second-order valence-corrected chi connectivity index (χ2v) is 9.30. The van der Waals surface area contributed by atoms with Gasteiger partial charge < -0.3 is 15.3 Å². The zero-order valence-corrected chi connectivity index (χ0v) is 19.0. The molecule has 0 saturated carbocycles. The molecule has 0 aliphatic carbocycles. The van der Waals surface area contributed by atoms with Crippen LogP contribution < -0.4 is 10.2 Å². The number of hydrogen-bond acceptors (Lipinski definition) is 5. The predicted molar refractivity (Wildman–Crippen MR) is 121 cm³/mol. The van der Waals surface area contributed by atoms with Gasteiger partial charge in [-0.05, 0) is 36.4 Å². The van der Waals surface area contributed by atoms with E-state index in [1.807, 2.05) is 25.1 Å². The molecule has 1 aromatic carbocycles. The lowest BCUT2D eigenvalue weighted by Crippen LogP contribution is -2.41. The highest BCUT2D eigenvalue weighted by Crippen LogP contribution is 2.27. The lowest BCUT2D eigenvalue weighted by atomic mass is 10.2. The van der Waals surface area contributed by atoms with Gasteiger partial charge in [0.2, 0.25) is 0 Å². The number of guanidine groups is 1. The molecule has 148 valence electrons. The van der Waals surface area contributed by atoms with E-state index in [2.05, 4.69) is 21.3 Å². The summed E-state index contributed by atoms with van der Waals surface area (Å²) in [4.78, 5) is 6.56. The Bertz CT molecular complexity index is 870. The number of fused-ring (bicyclic) bond motifs is 1. The third-order valence-corrected chi connectivity index (χ3v) is 7.43. The number of sulfone groups is 1. The quantitative estimate of drug-likeness (QED) is 0.347. The minimum Gasteiger partial charge on any atom is -0.390 e. The summed E-state index contributed by atoms with van der Waals surface area (Å²) in [7, 11) is -3.48. The molecule has 0 spiro atoms. The second kappa shape index (κ2) is 9.85. The molecule has 2 aromatic rings. The van der Waals surface area contributed by atoms with E-state index >= 15 is 0 Å². The monoisotopic (exact) mass is 521 g/mol. The Morgan fingerprint density at radius 2 is 2.11 bits per heavy atom. The van der Waals surface area contributed by atoms with Crippen molar-refractivity contribution in [1.82, 2.24) is 5.32 Å². The first kappa shape index (κ1) is 22.1. The predicted octanol–water partition coefficient (Wildman–Crippen LogP) is 2.53. The number of aliphatic imine (C=N–C) groups is 1. The molecule has 27 heavy (non-hydrogen) atoms. The van der Waals surface area contributed by atoms with Crippen molar-refractivity contribution in [3.8, 4) is 0 Å². The molecule has 3 rings (SSSR count). The van der Waals surface area contributed by atoms with Gasteiger partial charge in [-0.15, -0.1) is 35.3 Å². The molecule has 1 aliphatic heterocycles. The molecule has 1 aromatic heterocycles. The molecule has 2 N–H and O–H groups in total. The summed E-state index contributed by atoms with van der Waals surface area (Å²) >= 11 is 1.16. The molecule has 6 nitrogen and oxygen atoms in total. The van der Waals surface area contributed by atoms with Crippen molar-refractivity contribution in [3.63, 3.8) is 0 Å². The first-order valence-corrected chi connectivity index (χ1v) is 11.1. The Morgan fingerprint density at radius 3 is 2.81 bits per heavy atom. The third kappa shape index (κ3) is 5.43. The summed E-state index contributed by atoms with van der Waals surface area (Å²) in [5.41, 5.74) is 2.37. The Morgan fingerprint density at radius 1 is 1.33 bits per heavy atom. The van der Waals surface area contributed by atoms with Crippen LogP contribution in [0.2, 0.25) is 0 Å². The largest absolute Gasteiger partial charge is 0.390 e. The maximum Gasteiger partial charge on any atom is 0.198 e. The zero-order valence-electron chi connectivity index (χ0n) is 15.0. The van der Waals surface area contributed by atoms with E-state index in [1.165, 1.54) is 5.56 Å². The molecular weight excluding hydrogens is 497 g/mol. The van der Waals surface area contributed by atoms with Gasteiger partial charge >= 0.3 is 0 Å². The van der Waals surface area contributed by atoms with E-state index < -0.39 is 15.9 Å². The van der Waals surface area contributed by atoms with Crippen LogP contribution >= 0.6 is 35.3 Å². The summed E-state index contributed by atoms with van der Waals surface area (Å²) < 4.78 is 24.8. The number of rotatable bonds is 6. The van der Waals surface area contributed by atoms with Crippen LogP contribution in [0.4, 0.5) is 5.69 Å². The summed E-state index contributed by atoms with van der Waals surface area (Å²) in [6.07, 6.45) is -0.107. The van der Waals surface area contributed by atoms with E-state index in [9.17, 15) is 13.5 Å². The topological polar surface area (TPSA) is 82.0 Å². The van der Waals surface area contributed by atoms with Gasteiger partial charge in [-0.2, -0.15) is 0 Å². The number of anilines is 1. The molecule has 0 bridgehead atoms. The fourth-order valence-electron chi connectivity index (χ4n) is 2.97. The number of halogens is 1. The summed E-state index contributed by atoms with van der Waals surface area (Å²) in [6.45, 7) is 3.52. The Kier molecular flexibility index (Phi) is 8.07. The fourth-order valence-corrected chi connectivity index (χ4v) is 5.44. The fraction of sp³-hybridized carbons (Fsp3) is 0.389. The van der Waals surface area contributed by atoms with Crippen molar-refractivity contribution >= 4 is 56.8 Å². The highest BCUT2D eigenvalue weighted by Gasteiger charge is 2.24. The summed E-state index contributed by atoms with van der Waals surface area (Å²) in [6, 6.07) is 11.4. The normalized spacial score (nSPS) is 15.2. The van der Waals surface area contributed by atoms with Crippen molar-refractivity contribution in [3.05, 3.63) is 47.3 Å². The van der Waals surface area contributed by atoms with Crippen LogP contribution in [0.25, 0.3) is 0 Å². The standard InChI is InChI=1S/C18H23N3O3S2.HI/c1-2-19-18(21-10-9-14-6-3-4-7-16(14)21)20-12-15(22)13-26(23,24)17-8-5-11-25-17;/h3-8,11,15,22H,2,9-10,12-13H2,1H3,(H,19,20);1H. The van der Waals surface area contributed by atoms with E-state index in [1.54, 1.807) is 17.5 Å². The van der Waals surface area contributed by atoms with Gasteiger partial charge in [0, 0.05) is 18.8 Å². The van der Waals surface area contributed by atoms with Gasteiger partial charge in [0.15, 0.2) is 15.8 Å². The molecule has 9 heteroatoms. The average molecular weight is 521 g/mol. The first-order valence-electron chi connectivity index (χ1n) is 8.59. The van der Waals surface area contributed by atoms with Gasteiger partial charge in [0.05, 0.1) is 18.4 Å². The van der Waals surface area contributed by atoms with Gasteiger partial charge in [-0.1, -0.05) is 24.3 Å². The lowest BCUT2D eigenvalue weighted by Gasteiger charge is -2.22. The number of aliphatic hydroxyl groups excluding tert-OH is 1. The molecule has 1 unspecified atom stereocenters. The van der Waals surface area contributed by atoms with E-state index in [0.717, 1.165) is 30.0 Å². The molecule has 0 fully saturated rings. The molecule has 1 aliphatic rings. The number of benzene rings is 1. The van der Waals surface area contributed by atoms with Crippen LogP contribution in [-0.4, -0.2) is 51.0 Å². The van der Waals surface area contributed by atoms with Gasteiger partial charge in [-0.25, -0.2) is 8.42 Å². The Labute approximate surface area is 181 Å². The molecule has 0 amide bonds. The van der Waals surface area contributed by atoms with Crippen molar-refractivity contribution in [2.75, 3.05) is 30.3 Å².